The van der Waals surface area contributed by atoms with Crippen molar-refractivity contribution in [1.29, 1.82) is 0 Å². The molecule has 2 aromatic carbocycles. The second-order valence-electron chi connectivity index (χ2n) is 3.99. The number of sulfonamides is 1. The highest BCUT2D eigenvalue weighted by Crippen LogP contribution is 2.25. The van der Waals surface area contributed by atoms with Gasteiger partial charge in [-0.25, -0.2) is 13.1 Å². The van der Waals surface area contributed by atoms with E-state index < -0.39 is 10.0 Å². The molecule has 0 fully saturated rings. The van der Waals surface area contributed by atoms with Gasteiger partial charge >= 0.3 is 0 Å². The van der Waals surface area contributed by atoms with Crippen LogP contribution in [-0.2, 0) is 16.6 Å². The van der Waals surface area contributed by atoms with E-state index in [-0.39, 0.29) is 16.5 Å². The fourth-order valence-electron chi connectivity index (χ4n) is 1.59. The van der Waals surface area contributed by atoms with E-state index in [0.717, 1.165) is 14.5 Å². The lowest BCUT2D eigenvalue weighted by Gasteiger charge is -2.09. The minimum absolute atomic E-state index is 0.0643. The van der Waals surface area contributed by atoms with Gasteiger partial charge in [0, 0.05) is 15.5 Å². The third-order valence-electron chi connectivity index (χ3n) is 2.59. The first-order valence-electron chi connectivity index (χ1n) is 5.58. The zero-order valence-corrected chi connectivity index (χ0v) is 14.9. The smallest absolute Gasteiger partial charge is 0.207 e. The molecule has 0 spiro atoms. The van der Waals surface area contributed by atoms with E-state index in [1.165, 1.54) is 6.07 Å². The van der Waals surface area contributed by atoms with Crippen LogP contribution in [0.25, 0.3) is 0 Å². The van der Waals surface area contributed by atoms with Crippen LogP contribution in [0.2, 0.25) is 5.02 Å². The molecule has 0 saturated carbocycles. The highest BCUT2D eigenvalue weighted by Gasteiger charge is 2.18. The highest BCUT2D eigenvalue weighted by atomic mass is 79.9. The molecular weight excluding hydrogens is 429 g/mol. The number of halogens is 3. The molecule has 0 aliphatic carbocycles. The molecule has 0 radical (unpaired) electrons. The van der Waals surface area contributed by atoms with Crippen LogP contribution in [0.5, 0.6) is 0 Å². The van der Waals surface area contributed by atoms with Gasteiger partial charge < -0.3 is 0 Å². The largest absolute Gasteiger partial charge is 0.242 e. The monoisotopic (exact) mass is 437 g/mol. The maximum absolute atomic E-state index is 12.2. The van der Waals surface area contributed by atoms with Crippen LogP contribution in [-0.4, -0.2) is 8.42 Å². The third-order valence-corrected chi connectivity index (χ3v) is 5.74. The quantitative estimate of drug-likeness (QED) is 0.770. The molecule has 3 nitrogen and oxygen atoms in total. The Morgan fingerprint density at radius 2 is 1.80 bits per heavy atom. The van der Waals surface area contributed by atoms with Crippen molar-refractivity contribution in [3.05, 3.63) is 62.0 Å². The maximum Gasteiger partial charge on any atom is 0.242 e. The van der Waals surface area contributed by atoms with Crippen molar-refractivity contribution in [3.8, 4) is 0 Å². The first kappa shape index (κ1) is 16.0. The molecule has 2 aromatic rings. The zero-order valence-electron chi connectivity index (χ0n) is 10.1. The highest BCUT2D eigenvalue weighted by molar-refractivity contribution is 9.10. The summed E-state index contributed by atoms with van der Waals surface area (Å²) in [7, 11) is -3.65. The summed E-state index contributed by atoms with van der Waals surface area (Å²) in [4.78, 5) is 0.0643. The zero-order chi connectivity index (χ0) is 14.8. The molecule has 0 aliphatic heterocycles. The predicted molar refractivity (Wildman–Crippen MR) is 87.3 cm³/mol. The van der Waals surface area contributed by atoms with Crippen LogP contribution in [0.4, 0.5) is 0 Å². The lowest BCUT2D eigenvalue weighted by Crippen LogP contribution is -2.23. The van der Waals surface area contributed by atoms with Crippen molar-refractivity contribution in [1.82, 2.24) is 4.72 Å². The van der Waals surface area contributed by atoms with Crippen molar-refractivity contribution in [2.24, 2.45) is 0 Å². The van der Waals surface area contributed by atoms with Gasteiger partial charge in [0.25, 0.3) is 0 Å². The molecule has 1 N–H and O–H groups in total. The van der Waals surface area contributed by atoms with Gasteiger partial charge in [0.1, 0.15) is 4.90 Å². The molecule has 106 valence electrons. The SMILES string of the molecule is O=S(=O)(NCc1ccccc1Br)c1ccc(Br)cc1Cl. The molecule has 0 saturated heterocycles. The summed E-state index contributed by atoms with van der Waals surface area (Å²) in [6, 6.07) is 12.1. The minimum atomic E-state index is -3.65. The average Bonchev–Trinajstić information content (AvgIpc) is 2.37. The summed E-state index contributed by atoms with van der Waals surface area (Å²) in [6.45, 7) is 0.191. The normalized spacial score (nSPS) is 11.6. The lowest BCUT2D eigenvalue weighted by atomic mass is 10.2. The molecule has 0 unspecified atom stereocenters. The van der Waals surface area contributed by atoms with E-state index in [1.807, 2.05) is 24.3 Å². The molecule has 0 aromatic heterocycles. The standard InChI is InChI=1S/C13H10Br2ClNO2S/c14-10-5-6-13(12(16)7-10)20(18,19)17-8-9-3-1-2-4-11(9)15/h1-7,17H,8H2. The minimum Gasteiger partial charge on any atom is -0.207 e. The molecular formula is C13H10Br2ClNO2S. The third kappa shape index (κ3) is 3.83. The Hall–Kier alpha value is -0.400. The van der Waals surface area contributed by atoms with Gasteiger partial charge in [0.05, 0.1) is 5.02 Å². The second kappa shape index (κ2) is 6.58. The fraction of sp³-hybridized carbons (Fsp3) is 0.0769. The Morgan fingerprint density at radius 3 is 2.45 bits per heavy atom. The van der Waals surface area contributed by atoms with Crippen LogP contribution in [0.3, 0.4) is 0 Å². The van der Waals surface area contributed by atoms with E-state index in [1.54, 1.807) is 12.1 Å². The van der Waals surface area contributed by atoms with Gasteiger partial charge in [0.2, 0.25) is 10.0 Å². The first-order valence-corrected chi connectivity index (χ1v) is 9.03. The van der Waals surface area contributed by atoms with E-state index in [2.05, 4.69) is 36.6 Å². The summed E-state index contributed by atoms with van der Waals surface area (Å²) in [5.74, 6) is 0. The number of hydrogen-bond donors (Lipinski definition) is 1. The Morgan fingerprint density at radius 1 is 1.10 bits per heavy atom. The molecule has 0 aliphatic rings. The lowest BCUT2D eigenvalue weighted by molar-refractivity contribution is 0.581. The Kier molecular flexibility index (Phi) is 5.25. The van der Waals surface area contributed by atoms with Crippen LogP contribution in [0, 0.1) is 0 Å². The number of hydrogen-bond acceptors (Lipinski definition) is 2. The van der Waals surface area contributed by atoms with Crippen molar-refractivity contribution >= 4 is 53.5 Å². The van der Waals surface area contributed by atoms with Crippen molar-refractivity contribution in [3.63, 3.8) is 0 Å². The fourth-order valence-corrected chi connectivity index (χ4v) is 4.05. The molecule has 2 rings (SSSR count). The van der Waals surface area contributed by atoms with Gasteiger partial charge in [-0.1, -0.05) is 61.7 Å². The van der Waals surface area contributed by atoms with Crippen molar-refractivity contribution < 1.29 is 8.42 Å². The summed E-state index contributed by atoms with van der Waals surface area (Å²) >= 11 is 12.6. The summed E-state index contributed by atoms with van der Waals surface area (Å²) < 4.78 is 28.6. The van der Waals surface area contributed by atoms with Gasteiger partial charge in [-0.2, -0.15) is 0 Å². The second-order valence-corrected chi connectivity index (χ2v) is 7.90. The first-order chi connectivity index (χ1) is 9.40. The van der Waals surface area contributed by atoms with Gasteiger partial charge in [-0.05, 0) is 29.8 Å². The molecule has 0 heterocycles. The summed E-state index contributed by atoms with van der Waals surface area (Å²) in [5, 5.41) is 0.180. The van der Waals surface area contributed by atoms with E-state index in [9.17, 15) is 8.42 Å². The molecule has 20 heavy (non-hydrogen) atoms. The topological polar surface area (TPSA) is 46.2 Å². The van der Waals surface area contributed by atoms with Gasteiger partial charge in [0.15, 0.2) is 0 Å². The molecule has 7 heteroatoms. The van der Waals surface area contributed by atoms with Crippen molar-refractivity contribution in [2.75, 3.05) is 0 Å². The average molecular weight is 440 g/mol. The van der Waals surface area contributed by atoms with Crippen LogP contribution >= 0.6 is 43.5 Å². The van der Waals surface area contributed by atoms with E-state index >= 15 is 0 Å². The van der Waals surface area contributed by atoms with Crippen LogP contribution in [0.15, 0.2) is 56.3 Å². The maximum atomic E-state index is 12.2. The van der Waals surface area contributed by atoms with Crippen molar-refractivity contribution in [2.45, 2.75) is 11.4 Å². The summed E-state index contributed by atoms with van der Waals surface area (Å²) in [6.07, 6.45) is 0. The number of rotatable bonds is 4. The Bertz CT molecular complexity index is 735. The van der Waals surface area contributed by atoms with Gasteiger partial charge in [-0.3, -0.25) is 0 Å². The molecule has 0 amide bonds. The van der Waals surface area contributed by atoms with Gasteiger partial charge in [-0.15, -0.1) is 0 Å². The van der Waals surface area contributed by atoms with E-state index in [4.69, 9.17) is 11.6 Å². The van der Waals surface area contributed by atoms with Crippen LogP contribution in [0.1, 0.15) is 5.56 Å². The Labute approximate surface area is 139 Å². The molecule has 0 bridgehead atoms. The number of benzene rings is 2. The molecule has 0 atom stereocenters. The predicted octanol–water partition coefficient (Wildman–Crippen LogP) is 4.34. The van der Waals surface area contributed by atoms with Crippen LogP contribution < -0.4 is 4.72 Å². The number of nitrogens with one attached hydrogen (secondary N) is 1. The Balaban J connectivity index is 2.22. The summed E-state index contributed by atoms with van der Waals surface area (Å²) in [5.41, 5.74) is 0.851. The van der Waals surface area contributed by atoms with E-state index in [0.29, 0.717) is 0 Å².